The molecule has 0 radical (unpaired) electrons. The third-order valence-corrected chi connectivity index (χ3v) is 2.51. The number of nitrogens with one attached hydrogen (secondary N) is 1. The number of rotatable bonds is 7. The average molecular weight is 256 g/mol. The summed E-state index contributed by atoms with van der Waals surface area (Å²) in [5, 5.41) is 11.5. The van der Waals surface area contributed by atoms with E-state index in [-0.39, 0.29) is 13.1 Å². The molecule has 102 valence electrons. The molecule has 0 saturated heterocycles. The molecule has 0 aromatic carbocycles. The Bertz CT molecular complexity index is 258. The molecule has 4 nitrogen and oxygen atoms in total. The highest BCUT2D eigenvalue weighted by atomic mass is 19.4. The number of nitrogens with zero attached hydrogens (tertiary/aromatic N) is 1. The van der Waals surface area contributed by atoms with Crippen molar-refractivity contribution in [3.63, 3.8) is 0 Å². The van der Waals surface area contributed by atoms with Gasteiger partial charge >= 0.3 is 12.1 Å². The molecule has 1 unspecified atom stereocenters. The van der Waals surface area contributed by atoms with Gasteiger partial charge in [-0.3, -0.25) is 9.69 Å². The number of carboxylic acids is 1. The first-order valence-electron chi connectivity index (χ1n) is 5.36. The van der Waals surface area contributed by atoms with E-state index < -0.39 is 24.2 Å². The van der Waals surface area contributed by atoms with Crippen LogP contribution < -0.4 is 5.32 Å². The Morgan fingerprint density at radius 3 is 2.18 bits per heavy atom. The largest absolute Gasteiger partial charge is 0.480 e. The van der Waals surface area contributed by atoms with Crippen LogP contribution in [0.1, 0.15) is 20.3 Å². The molecular formula is C10H19F3N2O2. The van der Waals surface area contributed by atoms with Gasteiger partial charge in [-0.15, -0.1) is 0 Å². The minimum absolute atomic E-state index is 0.188. The molecule has 2 N–H and O–H groups in total. The number of hydrogen-bond acceptors (Lipinski definition) is 3. The lowest BCUT2D eigenvalue weighted by Gasteiger charge is -2.32. The van der Waals surface area contributed by atoms with Gasteiger partial charge < -0.3 is 10.4 Å². The summed E-state index contributed by atoms with van der Waals surface area (Å²) in [7, 11) is 1.42. The van der Waals surface area contributed by atoms with E-state index in [4.69, 9.17) is 5.11 Å². The van der Waals surface area contributed by atoms with Crippen LogP contribution in [-0.2, 0) is 4.79 Å². The second-order valence-corrected chi connectivity index (χ2v) is 4.21. The Morgan fingerprint density at radius 2 is 1.88 bits per heavy atom. The number of aliphatic carboxylic acids is 1. The maximum absolute atomic E-state index is 12.3. The van der Waals surface area contributed by atoms with Crippen molar-refractivity contribution in [3.05, 3.63) is 0 Å². The summed E-state index contributed by atoms with van der Waals surface area (Å²) in [6.07, 6.45) is -3.78. The zero-order chi connectivity index (χ0) is 13.7. The monoisotopic (exact) mass is 256 g/mol. The Kier molecular flexibility index (Phi) is 5.91. The molecular weight excluding hydrogens is 237 g/mol. The molecule has 17 heavy (non-hydrogen) atoms. The van der Waals surface area contributed by atoms with Crippen molar-refractivity contribution in [1.82, 2.24) is 10.2 Å². The van der Waals surface area contributed by atoms with Crippen LogP contribution in [0.15, 0.2) is 0 Å². The summed E-state index contributed by atoms with van der Waals surface area (Å²) >= 11 is 0. The third-order valence-electron chi connectivity index (χ3n) is 2.51. The van der Waals surface area contributed by atoms with Gasteiger partial charge in [-0.25, -0.2) is 0 Å². The number of carbonyl (C=O) groups is 1. The van der Waals surface area contributed by atoms with Crippen molar-refractivity contribution < 1.29 is 23.1 Å². The maximum Gasteiger partial charge on any atom is 0.401 e. The van der Waals surface area contributed by atoms with Crippen LogP contribution in [0.3, 0.4) is 0 Å². The molecule has 0 aliphatic rings. The van der Waals surface area contributed by atoms with E-state index in [0.717, 1.165) is 4.90 Å². The summed E-state index contributed by atoms with van der Waals surface area (Å²) in [5.74, 6) is -1.16. The summed E-state index contributed by atoms with van der Waals surface area (Å²) < 4.78 is 36.9. The molecule has 0 aromatic heterocycles. The molecule has 0 spiro atoms. The standard InChI is InChI=1S/C10H19F3N2O2/c1-4-5-15(7-10(11,12)13)6-9(2,14-3)8(16)17/h14H,4-7H2,1-3H3,(H,16,17). The predicted molar refractivity (Wildman–Crippen MR) is 57.9 cm³/mol. The number of carboxylic acid groups (broad SMARTS) is 1. The van der Waals surface area contributed by atoms with Crippen LogP contribution in [-0.4, -0.2) is 54.4 Å². The van der Waals surface area contributed by atoms with Crippen LogP contribution in [0.5, 0.6) is 0 Å². The quantitative estimate of drug-likeness (QED) is 0.721. The van der Waals surface area contributed by atoms with Crippen LogP contribution in [0.4, 0.5) is 13.2 Å². The van der Waals surface area contributed by atoms with E-state index in [0.29, 0.717) is 6.42 Å². The Balaban J connectivity index is 4.68. The molecule has 0 aliphatic heterocycles. The highest BCUT2D eigenvalue weighted by molar-refractivity contribution is 5.78. The molecule has 0 bridgehead atoms. The SMILES string of the molecule is CCCN(CC(F)(F)F)CC(C)(NC)C(=O)O. The second kappa shape index (κ2) is 6.20. The average Bonchev–Trinajstić information content (AvgIpc) is 2.15. The topological polar surface area (TPSA) is 52.6 Å². The predicted octanol–water partition coefficient (Wildman–Crippen LogP) is 1.32. The summed E-state index contributed by atoms with van der Waals surface area (Å²) in [6, 6.07) is 0. The van der Waals surface area contributed by atoms with Crippen molar-refractivity contribution in [2.24, 2.45) is 0 Å². The molecule has 0 aliphatic carbocycles. The van der Waals surface area contributed by atoms with Gasteiger partial charge in [0.25, 0.3) is 0 Å². The molecule has 0 saturated carbocycles. The first-order valence-corrected chi connectivity index (χ1v) is 5.36. The van der Waals surface area contributed by atoms with Crippen LogP contribution >= 0.6 is 0 Å². The van der Waals surface area contributed by atoms with Crippen molar-refractivity contribution in [1.29, 1.82) is 0 Å². The van der Waals surface area contributed by atoms with Crippen LogP contribution in [0.2, 0.25) is 0 Å². The third kappa shape index (κ3) is 5.88. The second-order valence-electron chi connectivity index (χ2n) is 4.21. The fraction of sp³-hybridized carbons (Fsp3) is 0.900. The zero-order valence-electron chi connectivity index (χ0n) is 10.3. The molecule has 7 heteroatoms. The Hall–Kier alpha value is -0.820. The molecule has 0 amide bonds. The first kappa shape index (κ1) is 16.2. The number of halogens is 3. The van der Waals surface area contributed by atoms with Gasteiger partial charge in [0, 0.05) is 6.54 Å². The van der Waals surface area contributed by atoms with Gasteiger partial charge in [-0.2, -0.15) is 13.2 Å². The van der Waals surface area contributed by atoms with E-state index in [2.05, 4.69) is 5.32 Å². The Morgan fingerprint density at radius 1 is 1.35 bits per heavy atom. The number of alkyl halides is 3. The number of likely N-dealkylation sites (N-methyl/N-ethyl adjacent to an activating group) is 1. The minimum Gasteiger partial charge on any atom is -0.480 e. The van der Waals surface area contributed by atoms with Gasteiger partial charge in [0.15, 0.2) is 0 Å². The molecule has 0 fully saturated rings. The molecule has 0 heterocycles. The fourth-order valence-corrected chi connectivity index (χ4v) is 1.48. The lowest BCUT2D eigenvalue weighted by molar-refractivity contribution is -0.155. The highest BCUT2D eigenvalue weighted by Gasteiger charge is 2.37. The molecule has 0 aromatic rings. The van der Waals surface area contributed by atoms with Gasteiger partial charge in [-0.05, 0) is 26.9 Å². The zero-order valence-corrected chi connectivity index (χ0v) is 10.3. The summed E-state index contributed by atoms with van der Waals surface area (Å²) in [5.41, 5.74) is -1.37. The molecule has 1 atom stereocenters. The van der Waals surface area contributed by atoms with Crippen molar-refractivity contribution in [2.75, 3.05) is 26.7 Å². The first-order chi connectivity index (χ1) is 7.64. The van der Waals surface area contributed by atoms with Crippen molar-refractivity contribution in [3.8, 4) is 0 Å². The summed E-state index contributed by atoms with van der Waals surface area (Å²) in [4.78, 5) is 12.1. The van der Waals surface area contributed by atoms with Gasteiger partial charge in [-0.1, -0.05) is 6.92 Å². The smallest absolute Gasteiger partial charge is 0.401 e. The van der Waals surface area contributed by atoms with E-state index in [1.165, 1.54) is 14.0 Å². The van der Waals surface area contributed by atoms with Crippen molar-refractivity contribution >= 4 is 5.97 Å². The Labute approximate surface area is 98.8 Å². The van der Waals surface area contributed by atoms with E-state index >= 15 is 0 Å². The lowest BCUT2D eigenvalue weighted by atomic mass is 10.0. The van der Waals surface area contributed by atoms with Gasteiger partial charge in [0.05, 0.1) is 6.54 Å². The highest BCUT2D eigenvalue weighted by Crippen LogP contribution is 2.18. The van der Waals surface area contributed by atoms with Gasteiger partial charge in [0.2, 0.25) is 0 Å². The maximum atomic E-state index is 12.3. The number of hydrogen-bond donors (Lipinski definition) is 2. The van der Waals surface area contributed by atoms with E-state index in [1.54, 1.807) is 6.92 Å². The summed E-state index contributed by atoms with van der Waals surface area (Å²) in [6.45, 7) is 2.05. The van der Waals surface area contributed by atoms with E-state index in [9.17, 15) is 18.0 Å². The van der Waals surface area contributed by atoms with E-state index in [1.807, 2.05) is 0 Å². The van der Waals surface area contributed by atoms with Crippen LogP contribution in [0, 0.1) is 0 Å². The van der Waals surface area contributed by atoms with Gasteiger partial charge in [0.1, 0.15) is 5.54 Å². The fourth-order valence-electron chi connectivity index (χ4n) is 1.48. The molecule has 0 rings (SSSR count). The normalized spacial score (nSPS) is 15.9. The van der Waals surface area contributed by atoms with Crippen LogP contribution in [0.25, 0.3) is 0 Å². The minimum atomic E-state index is -4.32. The van der Waals surface area contributed by atoms with Crippen molar-refractivity contribution in [2.45, 2.75) is 32.0 Å². The lowest BCUT2D eigenvalue weighted by Crippen LogP contribution is -2.56.